The third kappa shape index (κ3) is 5.40. The van der Waals surface area contributed by atoms with Crippen LogP contribution in [0.25, 0.3) is 11.3 Å². The Morgan fingerprint density at radius 3 is 2.67 bits per heavy atom. The number of halogens is 1. The van der Waals surface area contributed by atoms with Gasteiger partial charge in [-0.25, -0.2) is 4.99 Å². The van der Waals surface area contributed by atoms with Gasteiger partial charge in [-0.15, -0.1) is 11.3 Å². The van der Waals surface area contributed by atoms with Gasteiger partial charge in [0, 0.05) is 20.6 Å². The van der Waals surface area contributed by atoms with E-state index in [0.29, 0.717) is 17.2 Å². The predicted molar refractivity (Wildman–Crippen MR) is 153 cm³/mol. The second kappa shape index (κ2) is 10.2. The van der Waals surface area contributed by atoms with Crippen LogP contribution in [-0.2, 0) is 12.8 Å². The van der Waals surface area contributed by atoms with Crippen LogP contribution in [0, 0.1) is 11.3 Å². The van der Waals surface area contributed by atoms with Crippen LogP contribution in [0.2, 0.25) is 0 Å². The first-order valence-corrected chi connectivity index (χ1v) is 13.8. The minimum absolute atomic E-state index is 0.102. The molecular weight excluding hydrogens is 532 g/mol. The normalized spacial score (nSPS) is 15.7. The SMILES string of the molecule is CC(C)(C)C1CCc2c(sc(N=Cc3ccc(-c4cccc(Br)c4)o3)c2C(=O)Nc2ccccc2)C1. The number of rotatable bonds is 5. The van der Waals surface area contributed by atoms with Crippen molar-refractivity contribution >= 4 is 50.1 Å². The topological polar surface area (TPSA) is 54.6 Å². The number of carbonyl (C=O) groups excluding carboxylic acids is 1. The lowest BCUT2D eigenvalue weighted by molar-refractivity contribution is 0.102. The summed E-state index contributed by atoms with van der Waals surface area (Å²) >= 11 is 5.15. The van der Waals surface area contributed by atoms with E-state index >= 15 is 0 Å². The van der Waals surface area contributed by atoms with E-state index < -0.39 is 0 Å². The van der Waals surface area contributed by atoms with Gasteiger partial charge >= 0.3 is 0 Å². The number of thiophene rings is 1. The summed E-state index contributed by atoms with van der Waals surface area (Å²) in [5.41, 5.74) is 3.85. The Morgan fingerprint density at radius 2 is 1.92 bits per heavy atom. The summed E-state index contributed by atoms with van der Waals surface area (Å²) in [6.07, 6.45) is 4.68. The molecule has 0 radical (unpaired) electrons. The van der Waals surface area contributed by atoms with Crippen LogP contribution in [0.5, 0.6) is 0 Å². The van der Waals surface area contributed by atoms with Gasteiger partial charge in [-0.2, -0.15) is 0 Å². The van der Waals surface area contributed by atoms with Crippen LogP contribution in [0.3, 0.4) is 0 Å². The third-order valence-corrected chi connectivity index (χ3v) is 8.43. The number of nitrogens with zero attached hydrogens (tertiary/aromatic N) is 1. The predicted octanol–water partition coefficient (Wildman–Crippen LogP) is 8.92. The fourth-order valence-electron chi connectivity index (χ4n) is 4.69. The van der Waals surface area contributed by atoms with E-state index in [4.69, 9.17) is 9.41 Å². The van der Waals surface area contributed by atoms with Gasteiger partial charge in [0.25, 0.3) is 5.91 Å². The molecule has 1 aliphatic carbocycles. The molecule has 1 unspecified atom stereocenters. The highest BCUT2D eigenvalue weighted by Gasteiger charge is 2.33. The van der Waals surface area contributed by atoms with Gasteiger partial charge in [0.15, 0.2) is 0 Å². The van der Waals surface area contributed by atoms with Crippen LogP contribution in [0.4, 0.5) is 10.7 Å². The van der Waals surface area contributed by atoms with Crippen molar-refractivity contribution in [1.29, 1.82) is 0 Å². The van der Waals surface area contributed by atoms with Crippen molar-refractivity contribution in [3.05, 3.63) is 93.0 Å². The van der Waals surface area contributed by atoms with E-state index in [1.807, 2.05) is 66.7 Å². The summed E-state index contributed by atoms with van der Waals surface area (Å²) in [6, 6.07) is 21.4. The molecule has 2 heterocycles. The molecule has 184 valence electrons. The summed E-state index contributed by atoms with van der Waals surface area (Å²) in [5.74, 6) is 1.91. The van der Waals surface area contributed by atoms with Gasteiger partial charge in [0.05, 0.1) is 11.8 Å². The van der Waals surface area contributed by atoms with E-state index in [9.17, 15) is 4.79 Å². The molecule has 5 rings (SSSR count). The maximum Gasteiger partial charge on any atom is 0.259 e. The van der Waals surface area contributed by atoms with Gasteiger partial charge < -0.3 is 9.73 Å². The quantitative estimate of drug-likeness (QED) is 0.247. The second-order valence-electron chi connectivity index (χ2n) is 10.3. The molecule has 0 aliphatic heterocycles. The second-order valence-corrected chi connectivity index (χ2v) is 12.3. The molecular formula is C30H29BrN2O2S. The first-order valence-electron chi connectivity index (χ1n) is 12.2. The van der Waals surface area contributed by atoms with Gasteiger partial charge in [-0.05, 0) is 72.6 Å². The number of benzene rings is 2. The van der Waals surface area contributed by atoms with Crippen LogP contribution in [0.1, 0.15) is 53.8 Å². The molecule has 2 aromatic heterocycles. The first kappa shape index (κ1) is 24.7. The Balaban J connectivity index is 1.47. The molecule has 0 spiro atoms. The van der Waals surface area contributed by atoms with Crippen molar-refractivity contribution in [2.24, 2.45) is 16.3 Å². The van der Waals surface area contributed by atoms with Crippen LogP contribution >= 0.6 is 27.3 Å². The highest BCUT2D eigenvalue weighted by atomic mass is 79.9. The Bertz CT molecular complexity index is 1410. The Morgan fingerprint density at radius 1 is 1.11 bits per heavy atom. The summed E-state index contributed by atoms with van der Waals surface area (Å²) in [6.45, 7) is 6.91. The third-order valence-electron chi connectivity index (χ3n) is 6.78. The van der Waals surface area contributed by atoms with E-state index in [1.165, 1.54) is 4.88 Å². The fourth-order valence-corrected chi connectivity index (χ4v) is 6.36. The number of carbonyl (C=O) groups is 1. The lowest BCUT2D eigenvalue weighted by Gasteiger charge is -2.33. The van der Waals surface area contributed by atoms with Crippen molar-refractivity contribution in [2.75, 3.05) is 5.32 Å². The molecule has 6 heteroatoms. The summed E-state index contributed by atoms with van der Waals surface area (Å²) in [4.78, 5) is 19.5. The number of nitrogens with one attached hydrogen (secondary N) is 1. The van der Waals surface area contributed by atoms with Crippen molar-refractivity contribution in [3.8, 4) is 11.3 Å². The number of hydrogen-bond donors (Lipinski definition) is 1. The van der Waals surface area contributed by atoms with Crippen LogP contribution in [0.15, 0.2) is 80.6 Å². The van der Waals surface area contributed by atoms with Crippen molar-refractivity contribution < 1.29 is 9.21 Å². The molecule has 0 fully saturated rings. The average molecular weight is 562 g/mol. The van der Waals surface area contributed by atoms with E-state index in [2.05, 4.69) is 42.0 Å². The molecule has 0 saturated heterocycles. The summed E-state index contributed by atoms with van der Waals surface area (Å²) < 4.78 is 7.04. The molecule has 0 bridgehead atoms. The zero-order valence-corrected chi connectivity index (χ0v) is 23.1. The van der Waals surface area contributed by atoms with Crippen molar-refractivity contribution in [1.82, 2.24) is 0 Å². The van der Waals surface area contributed by atoms with E-state index in [0.717, 1.165) is 51.3 Å². The maximum atomic E-state index is 13.5. The smallest absolute Gasteiger partial charge is 0.259 e. The molecule has 1 amide bonds. The Labute approximate surface area is 224 Å². The average Bonchev–Trinajstić information content (AvgIpc) is 3.47. The number of anilines is 1. The lowest BCUT2D eigenvalue weighted by atomic mass is 9.72. The number of aliphatic imine (C=N–C) groups is 1. The number of amides is 1. The van der Waals surface area contributed by atoms with Gasteiger partial charge in [0.1, 0.15) is 16.5 Å². The van der Waals surface area contributed by atoms with Gasteiger partial charge in [-0.3, -0.25) is 4.79 Å². The number of para-hydroxylation sites is 1. The highest BCUT2D eigenvalue weighted by molar-refractivity contribution is 9.10. The Kier molecular flexibility index (Phi) is 7.00. The number of fused-ring (bicyclic) bond motifs is 1. The molecule has 4 aromatic rings. The molecule has 1 N–H and O–H groups in total. The van der Waals surface area contributed by atoms with Crippen molar-refractivity contribution in [3.63, 3.8) is 0 Å². The monoisotopic (exact) mass is 560 g/mol. The number of hydrogen-bond acceptors (Lipinski definition) is 4. The number of furan rings is 1. The standard InChI is InChI=1S/C30H29BrN2O2S/c1-30(2,3)20-12-14-24-26(17-20)36-29(27(24)28(34)33-22-10-5-4-6-11-22)32-18-23-13-15-25(35-23)19-8-7-9-21(31)16-19/h4-11,13,15-16,18,20H,12,14,17H2,1-3H3,(H,33,34). The molecule has 36 heavy (non-hydrogen) atoms. The van der Waals surface area contributed by atoms with Gasteiger partial charge in [-0.1, -0.05) is 67.0 Å². The zero-order valence-electron chi connectivity index (χ0n) is 20.7. The lowest BCUT2D eigenvalue weighted by Crippen LogP contribution is -2.27. The van der Waals surface area contributed by atoms with E-state index in [-0.39, 0.29) is 11.3 Å². The minimum Gasteiger partial charge on any atom is -0.455 e. The summed E-state index contributed by atoms with van der Waals surface area (Å²) in [5, 5.41) is 3.81. The van der Waals surface area contributed by atoms with Gasteiger partial charge in [0.2, 0.25) is 0 Å². The maximum absolute atomic E-state index is 13.5. The van der Waals surface area contributed by atoms with Crippen LogP contribution < -0.4 is 5.32 Å². The van der Waals surface area contributed by atoms with Crippen LogP contribution in [-0.4, -0.2) is 12.1 Å². The molecule has 1 aliphatic rings. The first-order chi connectivity index (χ1) is 17.3. The van der Waals surface area contributed by atoms with Crippen molar-refractivity contribution in [2.45, 2.75) is 40.0 Å². The fraction of sp³-hybridized carbons (Fsp3) is 0.267. The van der Waals surface area contributed by atoms with E-state index in [1.54, 1.807) is 17.6 Å². The molecule has 2 aromatic carbocycles. The molecule has 1 atom stereocenters. The Hall–Kier alpha value is -2.96. The largest absolute Gasteiger partial charge is 0.455 e. The highest BCUT2D eigenvalue weighted by Crippen LogP contribution is 2.45. The molecule has 0 saturated carbocycles. The zero-order chi connectivity index (χ0) is 25.3. The summed E-state index contributed by atoms with van der Waals surface area (Å²) in [7, 11) is 0. The minimum atomic E-state index is -0.102. The molecule has 4 nitrogen and oxygen atoms in total.